The fraction of sp³-hybridized carbons (Fsp3) is 1.00. The van der Waals surface area contributed by atoms with Crippen molar-refractivity contribution in [2.45, 2.75) is 25.4 Å². The van der Waals surface area contributed by atoms with E-state index >= 15 is 0 Å². The van der Waals surface area contributed by atoms with Crippen LogP contribution in [0.25, 0.3) is 0 Å². The minimum absolute atomic E-state index is 0.0205. The lowest BCUT2D eigenvalue weighted by Gasteiger charge is -2.28. The third kappa shape index (κ3) is 1.32. The van der Waals surface area contributed by atoms with Gasteiger partial charge in [0.1, 0.15) is 0 Å². The lowest BCUT2D eigenvalue weighted by atomic mass is 9.94. The SMILES string of the molecule is OC(CC1CNC1)C1CC1. The highest BCUT2D eigenvalue weighted by Crippen LogP contribution is 2.35. The summed E-state index contributed by atoms with van der Waals surface area (Å²) in [6, 6.07) is 0. The van der Waals surface area contributed by atoms with Crippen molar-refractivity contribution in [3.8, 4) is 0 Å². The molecule has 1 atom stereocenters. The highest BCUT2D eigenvalue weighted by atomic mass is 16.3. The van der Waals surface area contributed by atoms with Gasteiger partial charge < -0.3 is 10.4 Å². The zero-order chi connectivity index (χ0) is 6.97. The Morgan fingerprint density at radius 1 is 1.40 bits per heavy atom. The molecule has 2 nitrogen and oxygen atoms in total. The van der Waals surface area contributed by atoms with Crippen molar-refractivity contribution < 1.29 is 5.11 Å². The number of rotatable bonds is 3. The van der Waals surface area contributed by atoms with Gasteiger partial charge in [-0.2, -0.15) is 0 Å². The molecule has 2 N–H and O–H groups in total. The van der Waals surface area contributed by atoms with Gasteiger partial charge in [-0.25, -0.2) is 0 Å². The lowest BCUT2D eigenvalue weighted by Crippen LogP contribution is -2.43. The first-order valence-electron chi connectivity index (χ1n) is 4.25. The van der Waals surface area contributed by atoms with Gasteiger partial charge in [0.25, 0.3) is 0 Å². The van der Waals surface area contributed by atoms with Crippen LogP contribution in [-0.4, -0.2) is 24.3 Å². The smallest absolute Gasteiger partial charge is 0.0572 e. The molecule has 1 aliphatic heterocycles. The van der Waals surface area contributed by atoms with Crippen LogP contribution in [0.3, 0.4) is 0 Å². The number of aliphatic hydroxyl groups excluding tert-OH is 1. The van der Waals surface area contributed by atoms with Crippen LogP contribution in [0.4, 0.5) is 0 Å². The van der Waals surface area contributed by atoms with Crippen molar-refractivity contribution >= 4 is 0 Å². The van der Waals surface area contributed by atoms with Crippen molar-refractivity contribution in [3.63, 3.8) is 0 Å². The Labute approximate surface area is 61.6 Å². The van der Waals surface area contributed by atoms with E-state index in [1.165, 1.54) is 12.8 Å². The number of hydrogen-bond donors (Lipinski definition) is 2. The van der Waals surface area contributed by atoms with Gasteiger partial charge in [-0.15, -0.1) is 0 Å². The second-order valence-corrected chi connectivity index (χ2v) is 3.66. The molecular weight excluding hydrogens is 126 g/mol. The molecule has 10 heavy (non-hydrogen) atoms. The lowest BCUT2D eigenvalue weighted by molar-refractivity contribution is 0.106. The van der Waals surface area contributed by atoms with Gasteiger partial charge in [0.2, 0.25) is 0 Å². The molecule has 0 aromatic carbocycles. The molecule has 2 aliphatic rings. The molecule has 2 heteroatoms. The van der Waals surface area contributed by atoms with E-state index in [4.69, 9.17) is 0 Å². The maximum absolute atomic E-state index is 9.50. The molecular formula is C8H15NO. The molecule has 58 valence electrons. The predicted molar refractivity (Wildman–Crippen MR) is 39.7 cm³/mol. The minimum atomic E-state index is 0.0205. The molecule has 0 bridgehead atoms. The third-order valence-electron chi connectivity index (χ3n) is 2.61. The molecule has 0 aromatic heterocycles. The molecule has 1 heterocycles. The summed E-state index contributed by atoms with van der Waals surface area (Å²) in [6.45, 7) is 2.26. The zero-order valence-corrected chi connectivity index (χ0v) is 6.21. The fourth-order valence-electron chi connectivity index (χ4n) is 1.53. The van der Waals surface area contributed by atoms with Crippen LogP contribution in [0.1, 0.15) is 19.3 Å². The first-order valence-corrected chi connectivity index (χ1v) is 4.25. The van der Waals surface area contributed by atoms with E-state index < -0.39 is 0 Å². The van der Waals surface area contributed by atoms with E-state index in [-0.39, 0.29) is 6.10 Å². The molecule has 0 spiro atoms. The summed E-state index contributed by atoms with van der Waals surface area (Å²) in [7, 11) is 0. The summed E-state index contributed by atoms with van der Waals surface area (Å²) in [5.41, 5.74) is 0. The highest BCUT2D eigenvalue weighted by Gasteiger charge is 2.32. The molecule has 2 fully saturated rings. The highest BCUT2D eigenvalue weighted by molar-refractivity contribution is 4.85. The van der Waals surface area contributed by atoms with Crippen molar-refractivity contribution in [1.29, 1.82) is 0 Å². The Bertz CT molecular complexity index is 118. The third-order valence-corrected chi connectivity index (χ3v) is 2.61. The summed E-state index contributed by atoms with van der Waals surface area (Å²) in [6.07, 6.45) is 3.59. The Hall–Kier alpha value is -0.0800. The number of hydrogen-bond acceptors (Lipinski definition) is 2. The summed E-state index contributed by atoms with van der Waals surface area (Å²) in [4.78, 5) is 0. The summed E-state index contributed by atoms with van der Waals surface area (Å²) in [5, 5.41) is 12.7. The normalized spacial score (nSPS) is 29.7. The van der Waals surface area contributed by atoms with E-state index in [0.29, 0.717) is 5.92 Å². The van der Waals surface area contributed by atoms with Crippen LogP contribution in [0, 0.1) is 11.8 Å². The van der Waals surface area contributed by atoms with Crippen LogP contribution in [-0.2, 0) is 0 Å². The average molecular weight is 141 g/mol. The van der Waals surface area contributed by atoms with Gasteiger partial charge in [-0.05, 0) is 44.2 Å². The van der Waals surface area contributed by atoms with Crippen LogP contribution >= 0.6 is 0 Å². The van der Waals surface area contributed by atoms with Crippen LogP contribution < -0.4 is 5.32 Å². The van der Waals surface area contributed by atoms with E-state index in [1.54, 1.807) is 0 Å². The van der Waals surface area contributed by atoms with Crippen molar-refractivity contribution in [1.82, 2.24) is 5.32 Å². The summed E-state index contributed by atoms with van der Waals surface area (Å²) >= 11 is 0. The fourth-order valence-corrected chi connectivity index (χ4v) is 1.53. The average Bonchev–Trinajstić information content (AvgIpc) is 2.58. The molecule has 0 aromatic rings. The van der Waals surface area contributed by atoms with Gasteiger partial charge >= 0.3 is 0 Å². The van der Waals surface area contributed by atoms with Crippen LogP contribution in [0.15, 0.2) is 0 Å². The Balaban J connectivity index is 1.67. The van der Waals surface area contributed by atoms with E-state index in [1.807, 2.05) is 0 Å². The molecule has 1 aliphatic carbocycles. The maximum Gasteiger partial charge on any atom is 0.0572 e. The predicted octanol–water partition coefficient (Wildman–Crippen LogP) is 0.367. The van der Waals surface area contributed by atoms with Crippen LogP contribution in [0.2, 0.25) is 0 Å². The number of aliphatic hydroxyl groups is 1. The minimum Gasteiger partial charge on any atom is -0.393 e. The number of nitrogens with one attached hydrogen (secondary N) is 1. The molecule has 2 rings (SSSR count). The van der Waals surface area contributed by atoms with Gasteiger partial charge in [0.15, 0.2) is 0 Å². The standard InChI is InChI=1S/C8H15NO/c10-8(7-1-2-7)3-6-4-9-5-6/h6-10H,1-5H2. The topological polar surface area (TPSA) is 32.3 Å². The molecule has 1 saturated heterocycles. The molecule has 0 radical (unpaired) electrons. The quantitative estimate of drug-likeness (QED) is 0.595. The Morgan fingerprint density at radius 2 is 2.10 bits per heavy atom. The summed E-state index contributed by atoms with van der Waals surface area (Å²) in [5.74, 6) is 1.44. The monoisotopic (exact) mass is 141 g/mol. The maximum atomic E-state index is 9.50. The first kappa shape index (κ1) is 6.62. The molecule has 0 amide bonds. The van der Waals surface area contributed by atoms with Gasteiger partial charge in [0, 0.05) is 0 Å². The van der Waals surface area contributed by atoms with Gasteiger partial charge in [0.05, 0.1) is 6.10 Å². The van der Waals surface area contributed by atoms with E-state index in [2.05, 4.69) is 5.32 Å². The van der Waals surface area contributed by atoms with E-state index in [0.717, 1.165) is 25.4 Å². The van der Waals surface area contributed by atoms with E-state index in [9.17, 15) is 5.11 Å². The summed E-state index contributed by atoms with van der Waals surface area (Å²) < 4.78 is 0. The zero-order valence-electron chi connectivity index (χ0n) is 6.21. The molecule has 1 unspecified atom stereocenters. The first-order chi connectivity index (χ1) is 4.86. The van der Waals surface area contributed by atoms with Crippen LogP contribution in [0.5, 0.6) is 0 Å². The van der Waals surface area contributed by atoms with Crippen molar-refractivity contribution in [2.75, 3.05) is 13.1 Å². The largest absolute Gasteiger partial charge is 0.393 e. The van der Waals surface area contributed by atoms with Gasteiger partial charge in [-0.3, -0.25) is 0 Å². The second kappa shape index (κ2) is 2.51. The second-order valence-electron chi connectivity index (χ2n) is 3.66. The Kier molecular flexibility index (Phi) is 1.66. The van der Waals surface area contributed by atoms with Gasteiger partial charge in [-0.1, -0.05) is 0 Å². The van der Waals surface area contributed by atoms with Crippen molar-refractivity contribution in [3.05, 3.63) is 0 Å². The molecule has 1 saturated carbocycles. The van der Waals surface area contributed by atoms with Crippen molar-refractivity contribution in [2.24, 2.45) is 11.8 Å². The Morgan fingerprint density at radius 3 is 2.50 bits per heavy atom.